The molecule has 16 heavy (non-hydrogen) atoms. The number of hydrazine groups is 1. The standard InChI is InChI=1S/C10H16N4OS/c1-14(5-6-16-2)10(15)8-7-12-4-3-9(8)13-11/h3-4,7H,5-6,11H2,1-2H3,(H,12,13). The summed E-state index contributed by atoms with van der Waals surface area (Å²) in [5.41, 5.74) is 3.58. The second-order valence-corrected chi connectivity index (χ2v) is 4.27. The van der Waals surface area contributed by atoms with Gasteiger partial charge in [-0.25, -0.2) is 0 Å². The summed E-state index contributed by atoms with van der Waals surface area (Å²) in [6.07, 6.45) is 5.12. The van der Waals surface area contributed by atoms with Crippen molar-refractivity contribution in [2.24, 2.45) is 5.84 Å². The number of carbonyl (C=O) groups excluding carboxylic acids is 1. The van der Waals surface area contributed by atoms with Crippen LogP contribution in [0, 0.1) is 0 Å². The predicted molar refractivity (Wildman–Crippen MR) is 67.4 cm³/mol. The molecule has 0 atom stereocenters. The number of aromatic nitrogens is 1. The molecule has 1 heterocycles. The summed E-state index contributed by atoms with van der Waals surface area (Å²) in [7, 11) is 1.77. The molecule has 0 radical (unpaired) electrons. The highest BCUT2D eigenvalue weighted by molar-refractivity contribution is 7.98. The van der Waals surface area contributed by atoms with Gasteiger partial charge in [-0.3, -0.25) is 15.6 Å². The molecule has 1 rings (SSSR count). The highest BCUT2D eigenvalue weighted by Gasteiger charge is 2.14. The van der Waals surface area contributed by atoms with Crippen LogP contribution in [-0.4, -0.2) is 41.4 Å². The van der Waals surface area contributed by atoms with Crippen molar-refractivity contribution in [1.82, 2.24) is 9.88 Å². The molecule has 0 unspecified atom stereocenters. The number of nitrogen functional groups attached to an aromatic ring is 1. The zero-order chi connectivity index (χ0) is 12.0. The summed E-state index contributed by atoms with van der Waals surface area (Å²) in [5.74, 6) is 6.17. The number of thioether (sulfide) groups is 1. The molecule has 0 aliphatic carbocycles. The molecule has 0 saturated carbocycles. The maximum absolute atomic E-state index is 12.0. The van der Waals surface area contributed by atoms with E-state index >= 15 is 0 Å². The van der Waals surface area contributed by atoms with Crippen LogP contribution >= 0.6 is 11.8 Å². The molecular formula is C10H16N4OS. The molecule has 0 saturated heterocycles. The van der Waals surface area contributed by atoms with E-state index in [0.29, 0.717) is 17.8 Å². The normalized spacial score (nSPS) is 9.94. The van der Waals surface area contributed by atoms with Gasteiger partial charge < -0.3 is 10.3 Å². The Labute approximate surface area is 99.4 Å². The van der Waals surface area contributed by atoms with Gasteiger partial charge in [0.25, 0.3) is 5.91 Å². The largest absolute Gasteiger partial charge is 0.341 e. The van der Waals surface area contributed by atoms with E-state index in [-0.39, 0.29) is 5.91 Å². The lowest BCUT2D eigenvalue weighted by Gasteiger charge is -2.17. The van der Waals surface area contributed by atoms with Crippen LogP contribution < -0.4 is 11.3 Å². The van der Waals surface area contributed by atoms with Crippen LogP contribution in [-0.2, 0) is 0 Å². The third kappa shape index (κ3) is 3.11. The third-order valence-electron chi connectivity index (χ3n) is 2.18. The second-order valence-electron chi connectivity index (χ2n) is 3.29. The minimum Gasteiger partial charge on any atom is -0.341 e. The van der Waals surface area contributed by atoms with Crippen molar-refractivity contribution in [3.63, 3.8) is 0 Å². The first kappa shape index (κ1) is 12.8. The van der Waals surface area contributed by atoms with Gasteiger partial charge >= 0.3 is 0 Å². The van der Waals surface area contributed by atoms with Crippen LogP contribution in [0.25, 0.3) is 0 Å². The zero-order valence-electron chi connectivity index (χ0n) is 9.43. The van der Waals surface area contributed by atoms with Gasteiger partial charge in [0, 0.05) is 31.7 Å². The van der Waals surface area contributed by atoms with Crippen LogP contribution in [0.5, 0.6) is 0 Å². The van der Waals surface area contributed by atoms with E-state index in [1.807, 2.05) is 6.26 Å². The fourth-order valence-electron chi connectivity index (χ4n) is 1.23. The maximum Gasteiger partial charge on any atom is 0.257 e. The topological polar surface area (TPSA) is 71.2 Å². The van der Waals surface area contributed by atoms with Crippen molar-refractivity contribution in [2.75, 3.05) is 31.0 Å². The van der Waals surface area contributed by atoms with Crippen LogP contribution in [0.3, 0.4) is 0 Å². The zero-order valence-corrected chi connectivity index (χ0v) is 10.3. The van der Waals surface area contributed by atoms with Gasteiger partial charge in [0.1, 0.15) is 0 Å². The maximum atomic E-state index is 12.0. The monoisotopic (exact) mass is 240 g/mol. The van der Waals surface area contributed by atoms with E-state index in [2.05, 4.69) is 10.4 Å². The van der Waals surface area contributed by atoms with E-state index in [4.69, 9.17) is 5.84 Å². The minimum atomic E-state index is -0.0740. The number of pyridine rings is 1. The Morgan fingerprint density at radius 3 is 3.06 bits per heavy atom. The lowest BCUT2D eigenvalue weighted by Crippen LogP contribution is -2.30. The lowest BCUT2D eigenvalue weighted by atomic mass is 10.2. The van der Waals surface area contributed by atoms with Crippen molar-refractivity contribution in [2.45, 2.75) is 0 Å². The molecule has 0 spiro atoms. The summed E-state index contributed by atoms with van der Waals surface area (Å²) < 4.78 is 0. The number of nitrogens with two attached hydrogens (primary N) is 1. The van der Waals surface area contributed by atoms with Crippen molar-refractivity contribution in [3.8, 4) is 0 Å². The first-order valence-corrected chi connectivity index (χ1v) is 6.25. The fraction of sp³-hybridized carbons (Fsp3) is 0.400. The molecule has 5 nitrogen and oxygen atoms in total. The Morgan fingerprint density at radius 2 is 2.44 bits per heavy atom. The SMILES string of the molecule is CSCCN(C)C(=O)c1cnccc1NN. The van der Waals surface area contributed by atoms with Gasteiger partial charge in [-0.1, -0.05) is 0 Å². The third-order valence-corrected chi connectivity index (χ3v) is 2.78. The van der Waals surface area contributed by atoms with Crippen LogP contribution in [0.2, 0.25) is 0 Å². The molecule has 6 heteroatoms. The van der Waals surface area contributed by atoms with Gasteiger partial charge in [-0.2, -0.15) is 11.8 Å². The number of anilines is 1. The van der Waals surface area contributed by atoms with E-state index in [1.165, 1.54) is 6.20 Å². The Hall–Kier alpha value is -1.27. The highest BCUT2D eigenvalue weighted by Crippen LogP contribution is 2.14. The van der Waals surface area contributed by atoms with Crippen molar-refractivity contribution >= 4 is 23.4 Å². The van der Waals surface area contributed by atoms with E-state index in [9.17, 15) is 4.79 Å². The lowest BCUT2D eigenvalue weighted by molar-refractivity contribution is 0.0804. The van der Waals surface area contributed by atoms with E-state index < -0.39 is 0 Å². The van der Waals surface area contributed by atoms with Gasteiger partial charge in [-0.05, 0) is 12.3 Å². The molecule has 0 fully saturated rings. The molecule has 88 valence electrons. The van der Waals surface area contributed by atoms with Crippen molar-refractivity contribution < 1.29 is 4.79 Å². The fourth-order valence-corrected chi connectivity index (χ4v) is 1.68. The van der Waals surface area contributed by atoms with Gasteiger partial charge in [-0.15, -0.1) is 0 Å². The number of amides is 1. The van der Waals surface area contributed by atoms with Gasteiger partial charge in [0.05, 0.1) is 11.3 Å². The molecule has 0 bridgehead atoms. The van der Waals surface area contributed by atoms with Crippen LogP contribution in [0.4, 0.5) is 5.69 Å². The summed E-state index contributed by atoms with van der Waals surface area (Å²) in [4.78, 5) is 17.6. The van der Waals surface area contributed by atoms with Crippen molar-refractivity contribution in [1.29, 1.82) is 0 Å². The first-order chi connectivity index (χ1) is 7.70. The quantitative estimate of drug-likeness (QED) is 0.588. The number of hydrogen-bond donors (Lipinski definition) is 2. The summed E-state index contributed by atoms with van der Waals surface area (Å²) in [5, 5.41) is 0. The van der Waals surface area contributed by atoms with E-state index in [0.717, 1.165) is 5.75 Å². The summed E-state index contributed by atoms with van der Waals surface area (Å²) >= 11 is 1.70. The smallest absolute Gasteiger partial charge is 0.257 e. The number of nitrogens with zero attached hydrogens (tertiary/aromatic N) is 2. The minimum absolute atomic E-state index is 0.0740. The van der Waals surface area contributed by atoms with Gasteiger partial charge in [0.15, 0.2) is 0 Å². The Bertz CT molecular complexity index is 358. The highest BCUT2D eigenvalue weighted by atomic mass is 32.2. The number of nitrogens with one attached hydrogen (secondary N) is 1. The summed E-state index contributed by atoms with van der Waals surface area (Å²) in [6, 6.07) is 1.68. The van der Waals surface area contributed by atoms with Gasteiger partial charge in [0.2, 0.25) is 0 Å². The molecule has 0 aromatic carbocycles. The molecule has 1 aromatic rings. The first-order valence-electron chi connectivity index (χ1n) is 4.85. The predicted octanol–water partition coefficient (Wildman–Crippen LogP) is 0.802. The second kappa shape index (κ2) is 6.34. The molecule has 1 aromatic heterocycles. The van der Waals surface area contributed by atoms with Crippen LogP contribution in [0.1, 0.15) is 10.4 Å². The Balaban J connectivity index is 2.79. The average Bonchev–Trinajstić information content (AvgIpc) is 2.34. The van der Waals surface area contributed by atoms with Crippen molar-refractivity contribution in [3.05, 3.63) is 24.0 Å². The Morgan fingerprint density at radius 1 is 1.69 bits per heavy atom. The average molecular weight is 240 g/mol. The molecule has 0 aliphatic heterocycles. The molecule has 1 amide bonds. The Kier molecular flexibility index (Phi) is 5.07. The van der Waals surface area contributed by atoms with Crippen LogP contribution in [0.15, 0.2) is 18.5 Å². The molecular weight excluding hydrogens is 224 g/mol. The van der Waals surface area contributed by atoms with E-state index in [1.54, 1.807) is 36.0 Å². The molecule has 3 N–H and O–H groups in total. The number of rotatable bonds is 5. The molecule has 0 aliphatic rings. The summed E-state index contributed by atoms with van der Waals surface area (Å²) in [6.45, 7) is 0.707. The number of carbonyl (C=O) groups is 1. The number of hydrogen-bond acceptors (Lipinski definition) is 5.